The number of nitrogens with zero attached hydrogens (tertiary/aromatic N) is 2. The molecule has 2 aromatic carbocycles. The molecule has 0 saturated heterocycles. The quantitative estimate of drug-likeness (QED) is 0.772. The van der Waals surface area contributed by atoms with Gasteiger partial charge in [0, 0.05) is 0 Å². The van der Waals surface area contributed by atoms with Crippen molar-refractivity contribution in [2.45, 2.75) is 11.8 Å². The topological polar surface area (TPSA) is 87.7 Å². The monoisotopic (exact) mass is 288 g/mol. The summed E-state index contributed by atoms with van der Waals surface area (Å²) >= 11 is 0. The molecule has 0 unspecified atom stereocenters. The molecule has 102 valence electrons. The van der Waals surface area contributed by atoms with E-state index in [9.17, 15) is 8.42 Å². The van der Waals surface area contributed by atoms with Gasteiger partial charge in [0.15, 0.2) is 0 Å². The molecule has 3 aromatic rings. The smallest absolute Gasteiger partial charge is 0.261 e. The number of nitrogens with one attached hydrogen (secondary N) is 2. The Morgan fingerprint density at radius 1 is 1.00 bits per heavy atom. The van der Waals surface area contributed by atoms with E-state index in [2.05, 4.69) is 20.1 Å². The Morgan fingerprint density at radius 2 is 1.70 bits per heavy atom. The van der Waals surface area contributed by atoms with Crippen molar-refractivity contribution in [2.75, 3.05) is 4.72 Å². The molecule has 20 heavy (non-hydrogen) atoms. The first-order chi connectivity index (χ1) is 9.54. The van der Waals surface area contributed by atoms with Crippen molar-refractivity contribution in [2.24, 2.45) is 0 Å². The van der Waals surface area contributed by atoms with E-state index in [1.807, 2.05) is 6.92 Å². The first kappa shape index (κ1) is 12.6. The van der Waals surface area contributed by atoms with Gasteiger partial charge in [-0.2, -0.15) is 15.4 Å². The maximum absolute atomic E-state index is 12.2. The normalized spacial score (nSPS) is 11.7. The van der Waals surface area contributed by atoms with Gasteiger partial charge < -0.3 is 0 Å². The van der Waals surface area contributed by atoms with Gasteiger partial charge in [-0.3, -0.25) is 4.72 Å². The third-order valence-electron chi connectivity index (χ3n) is 2.90. The Balaban J connectivity index is 1.94. The number of aromatic amines is 1. The second-order valence-electron chi connectivity index (χ2n) is 4.45. The number of aromatic nitrogens is 3. The summed E-state index contributed by atoms with van der Waals surface area (Å²) < 4.78 is 27.0. The van der Waals surface area contributed by atoms with E-state index in [1.54, 1.807) is 42.5 Å². The fraction of sp³-hybridized carbons (Fsp3) is 0.0769. The molecule has 0 aliphatic carbocycles. The van der Waals surface area contributed by atoms with E-state index in [4.69, 9.17) is 0 Å². The SMILES string of the molecule is Cc1ccc(S(=O)(=O)Nc2ccc3n[nH]nc3c2)cc1. The molecule has 0 bridgehead atoms. The minimum Gasteiger partial charge on any atom is -0.280 e. The van der Waals surface area contributed by atoms with Gasteiger partial charge in [-0.05, 0) is 37.3 Å². The van der Waals surface area contributed by atoms with Crippen molar-refractivity contribution < 1.29 is 8.42 Å². The van der Waals surface area contributed by atoms with E-state index >= 15 is 0 Å². The molecule has 0 aliphatic rings. The van der Waals surface area contributed by atoms with Gasteiger partial charge >= 0.3 is 0 Å². The van der Waals surface area contributed by atoms with Gasteiger partial charge in [-0.25, -0.2) is 8.42 Å². The fourth-order valence-corrected chi connectivity index (χ4v) is 2.88. The molecule has 0 saturated carbocycles. The number of hydrogen-bond acceptors (Lipinski definition) is 4. The first-order valence-electron chi connectivity index (χ1n) is 5.95. The number of benzene rings is 2. The highest BCUT2D eigenvalue weighted by Crippen LogP contribution is 2.19. The number of aryl methyl sites for hydroxylation is 1. The van der Waals surface area contributed by atoms with Crippen LogP contribution in [0.3, 0.4) is 0 Å². The molecule has 0 atom stereocenters. The summed E-state index contributed by atoms with van der Waals surface area (Å²) in [5, 5.41) is 10.3. The Kier molecular flexibility index (Phi) is 2.90. The predicted octanol–water partition coefficient (Wildman–Crippen LogP) is 2.07. The molecule has 1 heterocycles. The third kappa shape index (κ3) is 2.35. The number of H-pyrrole nitrogens is 1. The zero-order valence-electron chi connectivity index (χ0n) is 10.7. The van der Waals surface area contributed by atoms with Gasteiger partial charge in [0.05, 0.1) is 10.6 Å². The lowest BCUT2D eigenvalue weighted by Crippen LogP contribution is -2.12. The molecule has 2 N–H and O–H groups in total. The van der Waals surface area contributed by atoms with Gasteiger partial charge in [-0.15, -0.1) is 0 Å². The summed E-state index contributed by atoms with van der Waals surface area (Å²) in [6, 6.07) is 11.6. The number of fused-ring (bicyclic) bond motifs is 1. The zero-order chi connectivity index (χ0) is 14.2. The van der Waals surface area contributed by atoms with Crippen LogP contribution in [0.25, 0.3) is 11.0 Å². The number of anilines is 1. The second kappa shape index (κ2) is 4.61. The van der Waals surface area contributed by atoms with E-state index < -0.39 is 10.0 Å². The van der Waals surface area contributed by atoms with Crippen LogP contribution >= 0.6 is 0 Å². The highest BCUT2D eigenvalue weighted by Gasteiger charge is 2.14. The van der Waals surface area contributed by atoms with E-state index in [1.165, 1.54) is 0 Å². The third-order valence-corrected chi connectivity index (χ3v) is 4.30. The van der Waals surface area contributed by atoms with E-state index in [0.29, 0.717) is 16.7 Å². The lowest BCUT2D eigenvalue weighted by molar-refractivity contribution is 0.601. The van der Waals surface area contributed by atoms with Crippen molar-refractivity contribution in [3.05, 3.63) is 48.0 Å². The van der Waals surface area contributed by atoms with Gasteiger partial charge in [0.1, 0.15) is 11.0 Å². The van der Waals surface area contributed by atoms with E-state index in [0.717, 1.165) is 5.56 Å². The van der Waals surface area contributed by atoms with Crippen LogP contribution < -0.4 is 4.72 Å². The Hall–Kier alpha value is -2.41. The highest BCUT2D eigenvalue weighted by atomic mass is 32.2. The van der Waals surface area contributed by atoms with Crippen LogP contribution in [0.1, 0.15) is 5.56 Å². The molecule has 1 aromatic heterocycles. The minimum atomic E-state index is -3.59. The summed E-state index contributed by atoms with van der Waals surface area (Å²) in [6.45, 7) is 1.91. The molecule has 0 aliphatic heterocycles. The molecule has 0 fully saturated rings. The molecule has 0 amide bonds. The van der Waals surface area contributed by atoms with Crippen molar-refractivity contribution >= 4 is 26.7 Å². The number of rotatable bonds is 3. The Labute approximate surface area is 115 Å². The van der Waals surface area contributed by atoms with Crippen LogP contribution in [0.4, 0.5) is 5.69 Å². The molecule has 7 heteroatoms. The zero-order valence-corrected chi connectivity index (χ0v) is 11.5. The first-order valence-corrected chi connectivity index (χ1v) is 7.43. The van der Waals surface area contributed by atoms with Crippen LogP contribution in [-0.2, 0) is 10.0 Å². The van der Waals surface area contributed by atoms with E-state index in [-0.39, 0.29) is 4.90 Å². The van der Waals surface area contributed by atoms with Gasteiger partial charge in [0.25, 0.3) is 10.0 Å². The minimum absolute atomic E-state index is 0.225. The Morgan fingerprint density at radius 3 is 2.45 bits per heavy atom. The average molecular weight is 288 g/mol. The maximum atomic E-state index is 12.2. The van der Waals surface area contributed by atoms with Crippen LogP contribution in [0.2, 0.25) is 0 Å². The maximum Gasteiger partial charge on any atom is 0.261 e. The van der Waals surface area contributed by atoms with Crippen molar-refractivity contribution in [1.82, 2.24) is 15.4 Å². The number of hydrogen-bond donors (Lipinski definition) is 2. The molecule has 0 radical (unpaired) electrons. The molecule has 3 rings (SSSR count). The fourth-order valence-electron chi connectivity index (χ4n) is 1.84. The summed E-state index contributed by atoms with van der Waals surface area (Å²) in [5.41, 5.74) is 2.75. The van der Waals surface area contributed by atoms with Gasteiger partial charge in [-0.1, -0.05) is 17.7 Å². The summed E-state index contributed by atoms with van der Waals surface area (Å²) in [6.07, 6.45) is 0. The van der Waals surface area contributed by atoms with Crippen molar-refractivity contribution in [3.63, 3.8) is 0 Å². The molecule has 0 spiro atoms. The lowest BCUT2D eigenvalue weighted by atomic mass is 10.2. The summed E-state index contributed by atoms with van der Waals surface area (Å²) in [4.78, 5) is 0.225. The molecular formula is C13H12N4O2S. The van der Waals surface area contributed by atoms with Crippen molar-refractivity contribution in [1.29, 1.82) is 0 Å². The van der Waals surface area contributed by atoms with Crippen molar-refractivity contribution in [3.8, 4) is 0 Å². The summed E-state index contributed by atoms with van der Waals surface area (Å²) in [7, 11) is -3.59. The second-order valence-corrected chi connectivity index (χ2v) is 6.13. The van der Waals surface area contributed by atoms with Crippen LogP contribution in [0, 0.1) is 6.92 Å². The van der Waals surface area contributed by atoms with Crippen LogP contribution in [-0.4, -0.2) is 23.8 Å². The Bertz CT molecular complexity index is 853. The predicted molar refractivity (Wildman–Crippen MR) is 75.9 cm³/mol. The van der Waals surface area contributed by atoms with Gasteiger partial charge in [0.2, 0.25) is 0 Å². The summed E-state index contributed by atoms with van der Waals surface area (Å²) in [5.74, 6) is 0. The average Bonchev–Trinajstić information content (AvgIpc) is 2.86. The van der Waals surface area contributed by atoms with Crippen LogP contribution in [0.15, 0.2) is 47.4 Å². The standard InChI is InChI=1S/C13H12N4O2S/c1-9-2-5-11(6-3-9)20(18,19)16-10-4-7-12-13(8-10)15-17-14-12/h2-8,16H,1H3,(H,14,15,17). The number of sulfonamides is 1. The highest BCUT2D eigenvalue weighted by molar-refractivity contribution is 7.92. The lowest BCUT2D eigenvalue weighted by Gasteiger charge is -2.08. The van der Waals surface area contributed by atoms with Crippen LogP contribution in [0.5, 0.6) is 0 Å². The molecule has 6 nitrogen and oxygen atoms in total. The molecular weight excluding hydrogens is 276 g/mol. The largest absolute Gasteiger partial charge is 0.280 e.